The normalized spacial score (nSPS) is 10.8. The van der Waals surface area contributed by atoms with E-state index in [2.05, 4.69) is 10.6 Å². The molecule has 0 atom stereocenters. The lowest BCUT2D eigenvalue weighted by molar-refractivity contribution is -0.118. The first-order valence-corrected chi connectivity index (χ1v) is 11.5. The number of amides is 2. The Morgan fingerprint density at radius 1 is 1.09 bits per heavy atom. The molecule has 0 spiro atoms. The number of nitrogens with zero attached hydrogens (tertiary/aromatic N) is 1. The summed E-state index contributed by atoms with van der Waals surface area (Å²) in [5, 5.41) is 15.3. The van der Waals surface area contributed by atoms with E-state index >= 15 is 0 Å². The predicted octanol–water partition coefficient (Wildman–Crippen LogP) is 5.66. The van der Waals surface area contributed by atoms with Gasteiger partial charge < -0.3 is 20.1 Å². The van der Waals surface area contributed by atoms with E-state index in [4.69, 9.17) is 21.1 Å². The smallest absolute Gasteiger partial charge is 0.266 e. The monoisotopic (exact) mass is 605 g/mol. The molecule has 2 amide bonds. The highest BCUT2D eigenvalue weighted by molar-refractivity contribution is 14.1. The Morgan fingerprint density at radius 3 is 2.34 bits per heavy atom. The van der Waals surface area contributed by atoms with Crippen LogP contribution in [0.15, 0.2) is 66.2 Å². The number of halogens is 3. The first-order chi connectivity index (χ1) is 16.8. The van der Waals surface area contributed by atoms with E-state index in [0.29, 0.717) is 37.0 Å². The van der Waals surface area contributed by atoms with E-state index in [1.807, 2.05) is 28.7 Å². The third-order valence-electron chi connectivity index (χ3n) is 4.51. The van der Waals surface area contributed by atoms with Crippen molar-refractivity contribution in [1.29, 1.82) is 5.26 Å². The number of rotatable bonds is 8. The van der Waals surface area contributed by atoms with Crippen molar-refractivity contribution in [3.8, 4) is 17.6 Å². The fourth-order valence-electron chi connectivity index (χ4n) is 2.88. The molecular weight excluding hydrogens is 588 g/mol. The lowest BCUT2D eigenvalue weighted by Gasteiger charge is -2.14. The van der Waals surface area contributed by atoms with Crippen LogP contribution in [0.3, 0.4) is 0 Å². The minimum absolute atomic E-state index is 0.120. The summed E-state index contributed by atoms with van der Waals surface area (Å²) in [4.78, 5) is 24.7. The number of methoxy groups -OCH3 is 1. The number of benzene rings is 3. The Kier molecular flexibility index (Phi) is 9.05. The van der Waals surface area contributed by atoms with Crippen LogP contribution in [-0.4, -0.2) is 25.5 Å². The molecule has 10 heteroatoms. The van der Waals surface area contributed by atoms with Crippen LogP contribution in [0.25, 0.3) is 6.08 Å². The van der Waals surface area contributed by atoms with Crippen LogP contribution in [0.2, 0.25) is 5.02 Å². The number of hydrogen-bond acceptors (Lipinski definition) is 5. The Morgan fingerprint density at radius 2 is 1.71 bits per heavy atom. The lowest BCUT2D eigenvalue weighted by atomic mass is 10.1. The second kappa shape index (κ2) is 12.2. The molecule has 0 bridgehead atoms. The molecule has 0 unspecified atom stereocenters. The molecule has 0 aliphatic carbocycles. The third kappa shape index (κ3) is 7.43. The molecule has 0 saturated heterocycles. The van der Waals surface area contributed by atoms with Gasteiger partial charge in [0.2, 0.25) is 0 Å². The SMILES string of the molecule is COc1cc(/C=C(/C#N)C(=O)Nc2ccc(Cl)cc2)cc(I)c1OCC(=O)Nc1ccc(F)cc1. The van der Waals surface area contributed by atoms with E-state index in [1.165, 1.54) is 37.5 Å². The molecule has 0 fully saturated rings. The number of nitrogens with one attached hydrogen (secondary N) is 2. The zero-order valence-corrected chi connectivity index (χ0v) is 21.2. The van der Waals surface area contributed by atoms with Gasteiger partial charge >= 0.3 is 0 Å². The van der Waals surface area contributed by atoms with E-state index < -0.39 is 17.6 Å². The summed E-state index contributed by atoms with van der Waals surface area (Å²) in [6.45, 7) is -0.314. The van der Waals surface area contributed by atoms with Crippen molar-refractivity contribution in [2.45, 2.75) is 0 Å². The number of ether oxygens (including phenoxy) is 2. The molecule has 178 valence electrons. The highest BCUT2D eigenvalue weighted by Crippen LogP contribution is 2.34. The number of anilines is 2. The maximum absolute atomic E-state index is 13.0. The van der Waals surface area contributed by atoms with E-state index in [-0.39, 0.29) is 12.2 Å². The topological polar surface area (TPSA) is 100 Å². The quantitative estimate of drug-likeness (QED) is 0.196. The highest BCUT2D eigenvalue weighted by Gasteiger charge is 2.15. The second-order valence-electron chi connectivity index (χ2n) is 7.01. The fourth-order valence-corrected chi connectivity index (χ4v) is 3.79. The Hall–Kier alpha value is -3.62. The van der Waals surface area contributed by atoms with Gasteiger partial charge in [0.15, 0.2) is 18.1 Å². The van der Waals surface area contributed by atoms with Gasteiger partial charge in [-0.1, -0.05) is 11.6 Å². The summed E-state index contributed by atoms with van der Waals surface area (Å²) in [7, 11) is 1.43. The molecular formula is C25H18ClFIN3O4. The molecule has 3 rings (SSSR count). The van der Waals surface area contributed by atoms with Gasteiger partial charge in [0.1, 0.15) is 17.5 Å². The summed E-state index contributed by atoms with van der Waals surface area (Å²) < 4.78 is 24.6. The molecule has 3 aromatic carbocycles. The van der Waals surface area contributed by atoms with Crippen molar-refractivity contribution in [3.05, 3.63) is 86.2 Å². The third-order valence-corrected chi connectivity index (χ3v) is 5.56. The molecule has 0 aliphatic heterocycles. The second-order valence-corrected chi connectivity index (χ2v) is 8.61. The van der Waals surface area contributed by atoms with Crippen LogP contribution in [0, 0.1) is 20.7 Å². The Balaban J connectivity index is 1.72. The van der Waals surface area contributed by atoms with Gasteiger partial charge in [-0.05, 0) is 94.9 Å². The zero-order chi connectivity index (χ0) is 25.4. The van der Waals surface area contributed by atoms with Gasteiger partial charge in [0.05, 0.1) is 10.7 Å². The standard InChI is InChI=1S/C25H18ClFIN3O4/c1-34-22-12-15(10-16(13-29)25(33)31-20-6-2-17(26)3-7-20)11-21(28)24(22)35-14-23(32)30-19-8-4-18(27)5-9-19/h2-12H,14H2,1H3,(H,30,32)(H,31,33)/b16-10-. The average molecular weight is 606 g/mol. The summed E-state index contributed by atoms with van der Waals surface area (Å²) in [5.41, 5.74) is 1.33. The van der Waals surface area contributed by atoms with Crippen LogP contribution >= 0.6 is 34.2 Å². The van der Waals surface area contributed by atoms with Gasteiger partial charge in [-0.2, -0.15) is 5.26 Å². The van der Waals surface area contributed by atoms with Crippen LogP contribution in [0.5, 0.6) is 11.5 Å². The molecule has 7 nitrogen and oxygen atoms in total. The largest absolute Gasteiger partial charge is 0.493 e. The molecule has 0 aromatic heterocycles. The van der Waals surface area contributed by atoms with Crippen molar-refractivity contribution >= 4 is 63.5 Å². The van der Waals surface area contributed by atoms with Crippen molar-refractivity contribution in [1.82, 2.24) is 0 Å². The van der Waals surface area contributed by atoms with Crippen LogP contribution in [0.4, 0.5) is 15.8 Å². The maximum atomic E-state index is 13.0. The number of hydrogen-bond donors (Lipinski definition) is 2. The zero-order valence-electron chi connectivity index (χ0n) is 18.3. The summed E-state index contributed by atoms with van der Waals surface area (Å²) in [6.07, 6.45) is 1.42. The number of carbonyl (C=O) groups is 2. The summed E-state index contributed by atoms with van der Waals surface area (Å²) in [6, 6.07) is 17.0. The lowest BCUT2D eigenvalue weighted by Crippen LogP contribution is -2.20. The Labute approximate surface area is 219 Å². The van der Waals surface area contributed by atoms with Gasteiger partial charge in [-0.3, -0.25) is 9.59 Å². The molecule has 0 saturated carbocycles. The van der Waals surface area contributed by atoms with Gasteiger partial charge in [0, 0.05) is 16.4 Å². The van der Waals surface area contributed by atoms with Crippen molar-refractivity contribution in [3.63, 3.8) is 0 Å². The molecule has 3 aromatic rings. The average Bonchev–Trinajstić information content (AvgIpc) is 2.84. The minimum Gasteiger partial charge on any atom is -0.493 e. The molecule has 2 N–H and O–H groups in total. The van der Waals surface area contributed by atoms with Gasteiger partial charge in [-0.25, -0.2) is 4.39 Å². The molecule has 0 radical (unpaired) electrons. The van der Waals surface area contributed by atoms with Gasteiger partial charge in [-0.15, -0.1) is 0 Å². The van der Waals surface area contributed by atoms with E-state index in [1.54, 1.807) is 36.4 Å². The molecule has 0 heterocycles. The fraction of sp³-hybridized carbons (Fsp3) is 0.0800. The van der Waals surface area contributed by atoms with Crippen molar-refractivity contribution in [2.75, 3.05) is 24.4 Å². The van der Waals surface area contributed by atoms with Crippen LogP contribution in [0.1, 0.15) is 5.56 Å². The number of carbonyl (C=O) groups excluding carboxylic acids is 2. The summed E-state index contributed by atoms with van der Waals surface area (Å²) >= 11 is 7.85. The minimum atomic E-state index is -0.582. The van der Waals surface area contributed by atoms with E-state index in [0.717, 1.165) is 0 Å². The van der Waals surface area contributed by atoms with Crippen LogP contribution in [-0.2, 0) is 9.59 Å². The molecule has 35 heavy (non-hydrogen) atoms. The maximum Gasteiger partial charge on any atom is 0.266 e. The van der Waals surface area contributed by atoms with Crippen molar-refractivity contribution < 1.29 is 23.5 Å². The number of nitriles is 1. The Bertz CT molecular complexity index is 1310. The first-order valence-electron chi connectivity index (χ1n) is 10.0. The predicted molar refractivity (Wildman–Crippen MR) is 140 cm³/mol. The first kappa shape index (κ1) is 26.0. The van der Waals surface area contributed by atoms with Gasteiger partial charge in [0.25, 0.3) is 11.8 Å². The van der Waals surface area contributed by atoms with E-state index in [9.17, 15) is 19.2 Å². The van der Waals surface area contributed by atoms with Crippen molar-refractivity contribution in [2.24, 2.45) is 0 Å². The molecule has 0 aliphatic rings. The summed E-state index contributed by atoms with van der Waals surface area (Å²) in [5.74, 6) is -0.794. The van der Waals surface area contributed by atoms with Crippen LogP contribution < -0.4 is 20.1 Å². The highest BCUT2D eigenvalue weighted by atomic mass is 127.